The average molecular weight is 499 g/mol. The molecule has 34 heavy (non-hydrogen) atoms. The number of rotatable bonds is 5. The van der Waals surface area contributed by atoms with Gasteiger partial charge in [-0.2, -0.15) is 13.2 Å². The summed E-state index contributed by atoms with van der Waals surface area (Å²) in [5.41, 5.74) is -6.50. The third-order valence-electron chi connectivity index (χ3n) is 4.43. The van der Waals surface area contributed by atoms with Crippen LogP contribution in [0.15, 0.2) is 58.5 Å². The van der Waals surface area contributed by atoms with Crippen molar-refractivity contribution in [2.75, 3.05) is 0 Å². The monoisotopic (exact) mass is 499 g/mol. The molecular formula is C21H20F3N3O6S. The lowest BCUT2D eigenvalue weighted by Crippen LogP contribution is -2.25. The molecule has 2 aromatic heterocycles. The zero-order chi connectivity index (χ0) is 25.5. The Morgan fingerprint density at radius 3 is 2.29 bits per heavy atom. The summed E-state index contributed by atoms with van der Waals surface area (Å²) < 4.78 is 68.3. The fraction of sp³-hybridized carbons (Fsp3) is 0.286. The molecule has 0 unspecified atom stereocenters. The fourth-order valence-corrected chi connectivity index (χ4v) is 3.72. The number of carbonyl (C=O) groups is 1. The van der Waals surface area contributed by atoms with Crippen LogP contribution in [0.2, 0.25) is 0 Å². The number of nitrogens with zero attached hydrogens (tertiary/aromatic N) is 3. The molecule has 0 radical (unpaired) electrons. The van der Waals surface area contributed by atoms with Gasteiger partial charge in [0.2, 0.25) is 5.88 Å². The normalized spacial score (nSPS) is 12.5. The number of alkyl halides is 3. The molecule has 0 saturated heterocycles. The van der Waals surface area contributed by atoms with E-state index in [1.54, 1.807) is 26.8 Å². The summed E-state index contributed by atoms with van der Waals surface area (Å²) in [6.07, 6.45) is 2.45. The summed E-state index contributed by atoms with van der Waals surface area (Å²) >= 11 is 0. The predicted molar refractivity (Wildman–Crippen MR) is 113 cm³/mol. The minimum absolute atomic E-state index is 0.0191. The zero-order valence-corrected chi connectivity index (χ0v) is 19.0. The van der Waals surface area contributed by atoms with E-state index in [9.17, 15) is 36.3 Å². The largest absolute Gasteiger partial charge is 0.501 e. The molecule has 0 saturated carbocycles. The van der Waals surface area contributed by atoms with Crippen LogP contribution in [0.3, 0.4) is 0 Å². The number of hydrogen-bond donors (Lipinski definition) is 1. The number of aromatic nitrogens is 3. The second-order valence-electron chi connectivity index (χ2n) is 8.23. The van der Waals surface area contributed by atoms with Crippen molar-refractivity contribution in [3.63, 3.8) is 0 Å². The topological polar surface area (TPSA) is 120 Å². The van der Waals surface area contributed by atoms with Crippen LogP contribution in [0, 0.1) is 0 Å². The number of imidazole rings is 1. The molecule has 0 amide bonds. The van der Waals surface area contributed by atoms with E-state index in [0.717, 1.165) is 27.5 Å². The zero-order valence-electron chi connectivity index (χ0n) is 18.2. The van der Waals surface area contributed by atoms with E-state index >= 15 is 0 Å². The summed E-state index contributed by atoms with van der Waals surface area (Å²) in [6, 6.07) is 6.29. The Balaban J connectivity index is 1.89. The van der Waals surface area contributed by atoms with Gasteiger partial charge in [-0.15, -0.1) is 0 Å². The molecule has 0 atom stereocenters. The number of sulfone groups is 1. The standard InChI is InChI=1S/C21H20F3N3O6S/c1-20(2,3)33-18(29)16-10-13(8-9-25-16)11-26-12-17(28)27(19(26)30)14-4-6-15(7-5-14)34(31,32)21(22,23)24/h4-10,12,28H,11H2,1-3H3. The van der Waals surface area contributed by atoms with Gasteiger partial charge in [0.1, 0.15) is 11.3 Å². The molecular weight excluding hydrogens is 479 g/mol. The van der Waals surface area contributed by atoms with Gasteiger partial charge in [0.25, 0.3) is 9.84 Å². The van der Waals surface area contributed by atoms with Gasteiger partial charge in [0, 0.05) is 6.20 Å². The van der Waals surface area contributed by atoms with Crippen molar-refractivity contribution < 1.29 is 36.2 Å². The lowest BCUT2D eigenvalue weighted by molar-refractivity contribution is -0.0436. The van der Waals surface area contributed by atoms with E-state index in [4.69, 9.17) is 4.74 Å². The lowest BCUT2D eigenvalue weighted by atomic mass is 10.2. The molecule has 0 bridgehead atoms. The average Bonchev–Trinajstić information content (AvgIpc) is 2.99. The van der Waals surface area contributed by atoms with Crippen LogP contribution < -0.4 is 5.69 Å². The van der Waals surface area contributed by atoms with E-state index in [2.05, 4.69) is 4.98 Å². The maximum Gasteiger partial charge on any atom is 0.501 e. The first-order valence-electron chi connectivity index (χ1n) is 9.71. The molecule has 0 aliphatic carbocycles. The summed E-state index contributed by atoms with van der Waals surface area (Å²) in [6.45, 7) is 5.03. The Labute approximate surface area is 192 Å². The fourth-order valence-electron chi connectivity index (χ4n) is 2.95. The van der Waals surface area contributed by atoms with Gasteiger partial charge in [0.15, 0.2) is 0 Å². The molecule has 1 aromatic carbocycles. The molecule has 1 N–H and O–H groups in total. The summed E-state index contributed by atoms with van der Waals surface area (Å²) in [5.74, 6) is -1.19. The van der Waals surface area contributed by atoms with Crippen molar-refractivity contribution in [3.05, 3.63) is 70.5 Å². The molecule has 0 spiro atoms. The number of aromatic hydroxyl groups is 1. The van der Waals surface area contributed by atoms with Crippen LogP contribution in [0.5, 0.6) is 5.88 Å². The summed E-state index contributed by atoms with van der Waals surface area (Å²) in [5, 5.41) is 10.2. The van der Waals surface area contributed by atoms with Crippen molar-refractivity contribution in [2.45, 2.75) is 43.3 Å². The van der Waals surface area contributed by atoms with Gasteiger partial charge in [-0.05, 0) is 62.7 Å². The van der Waals surface area contributed by atoms with E-state index < -0.39 is 43.4 Å². The van der Waals surface area contributed by atoms with Gasteiger partial charge in [-0.25, -0.2) is 27.6 Å². The first kappa shape index (κ1) is 25.0. The number of benzene rings is 1. The number of ether oxygens (including phenoxy) is 1. The minimum atomic E-state index is -5.55. The Kier molecular flexibility index (Phi) is 6.35. The molecule has 3 aromatic rings. The first-order chi connectivity index (χ1) is 15.6. The highest BCUT2D eigenvalue weighted by molar-refractivity contribution is 7.92. The Bertz CT molecular complexity index is 1380. The quantitative estimate of drug-likeness (QED) is 0.536. The van der Waals surface area contributed by atoms with Gasteiger partial charge in [0.05, 0.1) is 23.3 Å². The number of esters is 1. The van der Waals surface area contributed by atoms with Crippen molar-refractivity contribution in [3.8, 4) is 11.6 Å². The van der Waals surface area contributed by atoms with Crippen molar-refractivity contribution >= 4 is 15.8 Å². The van der Waals surface area contributed by atoms with Crippen LogP contribution in [0.1, 0.15) is 36.8 Å². The maximum absolute atomic E-state index is 12.8. The molecule has 9 nitrogen and oxygen atoms in total. The summed E-state index contributed by atoms with van der Waals surface area (Å²) in [4.78, 5) is 28.0. The van der Waals surface area contributed by atoms with E-state index in [-0.39, 0.29) is 17.9 Å². The van der Waals surface area contributed by atoms with Crippen molar-refractivity contribution in [2.24, 2.45) is 0 Å². The highest BCUT2D eigenvalue weighted by Gasteiger charge is 2.46. The minimum Gasteiger partial charge on any atom is -0.493 e. The van der Waals surface area contributed by atoms with Crippen LogP contribution in [0.4, 0.5) is 13.2 Å². The van der Waals surface area contributed by atoms with Gasteiger partial charge in [-0.1, -0.05) is 0 Å². The molecule has 3 rings (SSSR count). The van der Waals surface area contributed by atoms with Crippen molar-refractivity contribution in [1.82, 2.24) is 14.1 Å². The molecule has 2 heterocycles. The smallest absolute Gasteiger partial charge is 0.493 e. The Hall–Kier alpha value is -3.61. The third-order valence-corrected chi connectivity index (χ3v) is 5.93. The van der Waals surface area contributed by atoms with E-state index in [1.165, 1.54) is 12.3 Å². The summed E-state index contributed by atoms with van der Waals surface area (Å²) in [7, 11) is -5.55. The van der Waals surface area contributed by atoms with Gasteiger partial charge in [-0.3, -0.25) is 4.57 Å². The highest BCUT2D eigenvalue weighted by Crippen LogP contribution is 2.30. The second kappa shape index (κ2) is 8.63. The van der Waals surface area contributed by atoms with Gasteiger partial charge < -0.3 is 9.84 Å². The second-order valence-corrected chi connectivity index (χ2v) is 10.2. The highest BCUT2D eigenvalue weighted by atomic mass is 32.2. The van der Waals surface area contributed by atoms with Crippen LogP contribution in [-0.2, 0) is 21.1 Å². The molecule has 0 aliphatic rings. The first-order valence-corrected chi connectivity index (χ1v) is 11.2. The number of hydrogen-bond acceptors (Lipinski definition) is 7. The Morgan fingerprint density at radius 1 is 1.12 bits per heavy atom. The number of pyridine rings is 1. The molecule has 13 heteroatoms. The molecule has 182 valence electrons. The van der Waals surface area contributed by atoms with Crippen molar-refractivity contribution in [1.29, 1.82) is 0 Å². The SMILES string of the molecule is CC(C)(C)OC(=O)c1cc(Cn2cc(O)n(-c3ccc(S(=O)(=O)C(F)(F)F)cc3)c2=O)ccn1. The van der Waals surface area contributed by atoms with Crippen LogP contribution in [0.25, 0.3) is 5.69 Å². The number of halogens is 3. The Morgan fingerprint density at radius 2 is 1.74 bits per heavy atom. The lowest BCUT2D eigenvalue weighted by Gasteiger charge is -2.19. The van der Waals surface area contributed by atoms with E-state index in [0.29, 0.717) is 17.7 Å². The molecule has 0 aliphatic heterocycles. The predicted octanol–water partition coefficient (Wildman–Crippen LogP) is 3.04. The van der Waals surface area contributed by atoms with Gasteiger partial charge >= 0.3 is 17.2 Å². The molecule has 0 fully saturated rings. The van der Waals surface area contributed by atoms with E-state index in [1.807, 2.05) is 0 Å². The third kappa shape index (κ3) is 5.14. The maximum atomic E-state index is 12.8. The van der Waals surface area contributed by atoms with Crippen LogP contribution in [-0.4, -0.2) is 44.7 Å². The van der Waals surface area contributed by atoms with Crippen LogP contribution >= 0.6 is 0 Å². The number of carbonyl (C=O) groups excluding carboxylic acids is 1.